The maximum atomic E-state index is 11.9. The summed E-state index contributed by atoms with van der Waals surface area (Å²) in [5, 5.41) is 3.96. The SMILES string of the molecule is CCCC(C(=O)OCC)c1nc(N2CCOCC2)no1. The number of ether oxygens (including phenoxy) is 2. The van der Waals surface area contributed by atoms with Gasteiger partial charge in [-0.2, -0.15) is 4.98 Å². The van der Waals surface area contributed by atoms with Gasteiger partial charge in [-0.05, 0) is 18.5 Å². The van der Waals surface area contributed by atoms with E-state index in [0.29, 0.717) is 38.1 Å². The van der Waals surface area contributed by atoms with Gasteiger partial charge in [0.25, 0.3) is 5.95 Å². The molecule has 0 aliphatic carbocycles. The van der Waals surface area contributed by atoms with Crippen molar-refractivity contribution in [1.82, 2.24) is 10.1 Å². The number of rotatable bonds is 6. The summed E-state index contributed by atoms with van der Waals surface area (Å²) >= 11 is 0. The molecule has 1 atom stereocenters. The van der Waals surface area contributed by atoms with E-state index in [2.05, 4.69) is 10.1 Å². The average molecular weight is 283 g/mol. The van der Waals surface area contributed by atoms with Crippen LogP contribution in [-0.4, -0.2) is 49.0 Å². The largest absolute Gasteiger partial charge is 0.465 e. The molecule has 2 heterocycles. The molecule has 1 fully saturated rings. The van der Waals surface area contributed by atoms with Gasteiger partial charge < -0.3 is 18.9 Å². The number of hydrogen-bond acceptors (Lipinski definition) is 7. The van der Waals surface area contributed by atoms with Crippen LogP contribution in [0.3, 0.4) is 0 Å². The van der Waals surface area contributed by atoms with Crippen LogP contribution in [-0.2, 0) is 14.3 Å². The normalized spacial score (nSPS) is 17.0. The van der Waals surface area contributed by atoms with Crippen LogP contribution >= 0.6 is 0 Å². The zero-order valence-electron chi connectivity index (χ0n) is 12.0. The highest BCUT2D eigenvalue weighted by molar-refractivity contribution is 5.76. The fraction of sp³-hybridized carbons (Fsp3) is 0.769. The highest BCUT2D eigenvalue weighted by Crippen LogP contribution is 2.23. The number of anilines is 1. The Balaban J connectivity index is 2.09. The minimum atomic E-state index is -0.470. The topological polar surface area (TPSA) is 77.7 Å². The Morgan fingerprint density at radius 1 is 1.40 bits per heavy atom. The molecule has 112 valence electrons. The molecule has 20 heavy (non-hydrogen) atoms. The molecule has 0 spiro atoms. The van der Waals surface area contributed by atoms with Crippen LogP contribution in [0.15, 0.2) is 4.52 Å². The second kappa shape index (κ2) is 7.23. The number of carbonyl (C=O) groups is 1. The van der Waals surface area contributed by atoms with E-state index in [-0.39, 0.29) is 5.97 Å². The van der Waals surface area contributed by atoms with Crippen molar-refractivity contribution in [3.63, 3.8) is 0 Å². The molecule has 1 unspecified atom stereocenters. The van der Waals surface area contributed by atoms with Crippen molar-refractivity contribution in [1.29, 1.82) is 0 Å². The Labute approximate surface area is 118 Å². The molecule has 0 N–H and O–H groups in total. The lowest BCUT2D eigenvalue weighted by Crippen LogP contribution is -2.36. The summed E-state index contributed by atoms with van der Waals surface area (Å²) in [6, 6.07) is 0. The number of esters is 1. The monoisotopic (exact) mass is 283 g/mol. The van der Waals surface area contributed by atoms with E-state index in [4.69, 9.17) is 14.0 Å². The quantitative estimate of drug-likeness (QED) is 0.729. The van der Waals surface area contributed by atoms with E-state index in [0.717, 1.165) is 19.5 Å². The van der Waals surface area contributed by atoms with Gasteiger partial charge in [-0.1, -0.05) is 13.3 Å². The van der Waals surface area contributed by atoms with E-state index >= 15 is 0 Å². The molecule has 1 aromatic heterocycles. The van der Waals surface area contributed by atoms with Crippen molar-refractivity contribution in [3.05, 3.63) is 5.89 Å². The predicted molar refractivity (Wildman–Crippen MR) is 71.6 cm³/mol. The molecular formula is C13H21N3O4. The summed E-state index contributed by atoms with van der Waals surface area (Å²) < 4.78 is 15.6. The second-order valence-electron chi connectivity index (χ2n) is 4.63. The average Bonchev–Trinajstić information content (AvgIpc) is 2.95. The highest BCUT2D eigenvalue weighted by atomic mass is 16.5. The first kappa shape index (κ1) is 14.8. The highest BCUT2D eigenvalue weighted by Gasteiger charge is 2.28. The third-order valence-corrected chi connectivity index (χ3v) is 3.17. The summed E-state index contributed by atoms with van der Waals surface area (Å²) in [7, 11) is 0. The van der Waals surface area contributed by atoms with Gasteiger partial charge in [-0.25, -0.2) is 0 Å². The summed E-state index contributed by atoms with van der Waals surface area (Å²) in [5.74, 6) is 0.0919. The van der Waals surface area contributed by atoms with Gasteiger partial charge in [0.2, 0.25) is 5.89 Å². The Morgan fingerprint density at radius 2 is 2.15 bits per heavy atom. The Bertz CT molecular complexity index is 429. The summed E-state index contributed by atoms with van der Waals surface area (Å²) in [6.45, 7) is 6.91. The molecule has 7 nitrogen and oxygen atoms in total. The van der Waals surface area contributed by atoms with Gasteiger partial charge >= 0.3 is 5.97 Å². The maximum Gasteiger partial charge on any atom is 0.318 e. The van der Waals surface area contributed by atoms with Gasteiger partial charge in [0.05, 0.1) is 19.8 Å². The maximum absolute atomic E-state index is 11.9. The standard InChI is InChI=1S/C13H21N3O4/c1-3-5-10(12(17)19-4-2)11-14-13(15-20-11)16-6-8-18-9-7-16/h10H,3-9H2,1-2H3. The second-order valence-corrected chi connectivity index (χ2v) is 4.63. The molecule has 0 radical (unpaired) electrons. The molecule has 0 bridgehead atoms. The summed E-state index contributed by atoms with van der Waals surface area (Å²) in [6.07, 6.45) is 1.49. The van der Waals surface area contributed by atoms with Crippen LogP contribution in [0.2, 0.25) is 0 Å². The lowest BCUT2D eigenvalue weighted by atomic mass is 10.0. The van der Waals surface area contributed by atoms with Crippen molar-refractivity contribution in [3.8, 4) is 0 Å². The fourth-order valence-corrected chi connectivity index (χ4v) is 2.13. The Hall–Kier alpha value is -1.63. The number of aromatic nitrogens is 2. The minimum absolute atomic E-state index is 0.300. The summed E-state index contributed by atoms with van der Waals surface area (Å²) in [4.78, 5) is 18.3. The van der Waals surface area contributed by atoms with Gasteiger partial charge in [0.15, 0.2) is 0 Å². The molecule has 1 aromatic rings. The van der Waals surface area contributed by atoms with Crippen LogP contribution in [0, 0.1) is 0 Å². The number of carbonyl (C=O) groups excluding carboxylic acids is 1. The third-order valence-electron chi connectivity index (χ3n) is 3.17. The van der Waals surface area contributed by atoms with Crippen LogP contribution in [0.25, 0.3) is 0 Å². The van der Waals surface area contributed by atoms with E-state index in [1.165, 1.54) is 0 Å². The van der Waals surface area contributed by atoms with E-state index in [1.807, 2.05) is 11.8 Å². The van der Waals surface area contributed by atoms with Crippen molar-refractivity contribution in [2.24, 2.45) is 0 Å². The molecular weight excluding hydrogens is 262 g/mol. The van der Waals surface area contributed by atoms with Crippen LogP contribution in [0.4, 0.5) is 5.95 Å². The first-order valence-corrected chi connectivity index (χ1v) is 7.09. The predicted octanol–water partition coefficient (Wildman–Crippen LogP) is 1.35. The molecule has 0 saturated carbocycles. The smallest absolute Gasteiger partial charge is 0.318 e. The molecule has 1 saturated heterocycles. The zero-order chi connectivity index (χ0) is 14.4. The van der Waals surface area contributed by atoms with E-state index in [1.54, 1.807) is 6.92 Å². The first-order valence-electron chi connectivity index (χ1n) is 7.09. The Kier molecular flexibility index (Phi) is 5.34. The Morgan fingerprint density at radius 3 is 2.80 bits per heavy atom. The lowest BCUT2D eigenvalue weighted by molar-refractivity contribution is -0.145. The molecule has 0 amide bonds. The minimum Gasteiger partial charge on any atom is -0.465 e. The molecule has 0 aromatic carbocycles. The molecule has 1 aliphatic heterocycles. The van der Waals surface area contributed by atoms with Crippen LogP contribution in [0.5, 0.6) is 0 Å². The third kappa shape index (κ3) is 3.47. The number of nitrogens with zero attached hydrogens (tertiary/aromatic N) is 3. The van der Waals surface area contributed by atoms with Gasteiger partial charge in [0, 0.05) is 13.1 Å². The molecule has 1 aliphatic rings. The number of morpholine rings is 1. The van der Waals surface area contributed by atoms with Crippen molar-refractivity contribution in [2.75, 3.05) is 37.8 Å². The van der Waals surface area contributed by atoms with Crippen molar-refractivity contribution in [2.45, 2.75) is 32.6 Å². The fourth-order valence-electron chi connectivity index (χ4n) is 2.13. The number of hydrogen-bond donors (Lipinski definition) is 0. The summed E-state index contributed by atoms with van der Waals surface area (Å²) in [5.41, 5.74) is 0. The van der Waals surface area contributed by atoms with E-state index in [9.17, 15) is 4.79 Å². The van der Waals surface area contributed by atoms with Crippen LogP contribution < -0.4 is 4.90 Å². The van der Waals surface area contributed by atoms with Gasteiger partial charge in [0.1, 0.15) is 5.92 Å². The lowest BCUT2D eigenvalue weighted by Gasteiger charge is -2.24. The van der Waals surface area contributed by atoms with E-state index < -0.39 is 5.92 Å². The van der Waals surface area contributed by atoms with Crippen molar-refractivity contribution < 1.29 is 18.8 Å². The van der Waals surface area contributed by atoms with Crippen molar-refractivity contribution >= 4 is 11.9 Å². The van der Waals surface area contributed by atoms with Gasteiger partial charge in [-0.3, -0.25) is 4.79 Å². The zero-order valence-corrected chi connectivity index (χ0v) is 12.0. The molecule has 2 rings (SSSR count). The van der Waals surface area contributed by atoms with Crippen LogP contribution in [0.1, 0.15) is 38.5 Å². The van der Waals surface area contributed by atoms with Gasteiger partial charge in [-0.15, -0.1) is 0 Å². The first-order chi connectivity index (χ1) is 9.76. The molecule has 7 heteroatoms.